The molecule has 1 aliphatic rings. The quantitative estimate of drug-likeness (QED) is 0.703. The summed E-state index contributed by atoms with van der Waals surface area (Å²) in [6, 6.07) is 9.27. The van der Waals surface area contributed by atoms with Gasteiger partial charge in [-0.2, -0.15) is 0 Å². The average Bonchev–Trinajstić information content (AvgIpc) is 2.77. The number of methoxy groups -OCH3 is 1. The van der Waals surface area contributed by atoms with E-state index in [1.54, 1.807) is 13.3 Å². The summed E-state index contributed by atoms with van der Waals surface area (Å²) in [6.45, 7) is 8.06. The minimum absolute atomic E-state index is 0.139. The molecular formula is C21H28N4O3. The van der Waals surface area contributed by atoms with Crippen molar-refractivity contribution < 1.29 is 14.3 Å². The summed E-state index contributed by atoms with van der Waals surface area (Å²) in [7, 11) is 1.63. The van der Waals surface area contributed by atoms with Crippen LogP contribution < -0.4 is 19.7 Å². The number of amides is 1. The van der Waals surface area contributed by atoms with Gasteiger partial charge in [-0.05, 0) is 36.9 Å². The largest absolute Gasteiger partial charge is 0.497 e. The number of anilines is 1. The van der Waals surface area contributed by atoms with E-state index in [9.17, 15) is 4.79 Å². The third-order valence-corrected chi connectivity index (χ3v) is 4.89. The molecule has 1 aromatic heterocycles. The van der Waals surface area contributed by atoms with Gasteiger partial charge >= 0.3 is 0 Å². The van der Waals surface area contributed by atoms with Gasteiger partial charge in [-0.25, -0.2) is 0 Å². The number of hydrogen-bond acceptors (Lipinski definition) is 6. The van der Waals surface area contributed by atoms with Crippen molar-refractivity contribution in [1.82, 2.24) is 15.2 Å². The molecule has 7 nitrogen and oxygen atoms in total. The molecule has 0 spiro atoms. The molecule has 2 aromatic rings. The SMILES string of the molecule is CCN1CCN(c2cncc(C(=O)NCCOc3ccc(OC)cc3)c2)CC1. The van der Waals surface area contributed by atoms with Crippen LogP contribution in [0.15, 0.2) is 42.7 Å². The molecule has 0 aliphatic carbocycles. The van der Waals surface area contributed by atoms with E-state index in [0.29, 0.717) is 18.7 Å². The molecule has 0 unspecified atom stereocenters. The Labute approximate surface area is 166 Å². The number of piperazine rings is 1. The second-order valence-corrected chi connectivity index (χ2v) is 6.63. The molecule has 0 saturated carbocycles. The maximum Gasteiger partial charge on any atom is 0.253 e. The minimum atomic E-state index is -0.139. The van der Waals surface area contributed by atoms with E-state index in [1.807, 2.05) is 36.5 Å². The lowest BCUT2D eigenvalue weighted by Crippen LogP contribution is -2.46. The number of rotatable bonds is 8. The number of ether oxygens (including phenoxy) is 2. The van der Waals surface area contributed by atoms with Gasteiger partial charge in [0.2, 0.25) is 0 Å². The number of hydrogen-bond donors (Lipinski definition) is 1. The summed E-state index contributed by atoms with van der Waals surface area (Å²) in [5.74, 6) is 1.38. The van der Waals surface area contributed by atoms with Crippen LogP contribution in [0.2, 0.25) is 0 Å². The average molecular weight is 384 g/mol. The monoisotopic (exact) mass is 384 g/mol. The third-order valence-electron chi connectivity index (χ3n) is 4.89. The van der Waals surface area contributed by atoms with E-state index < -0.39 is 0 Å². The highest BCUT2D eigenvalue weighted by Gasteiger charge is 2.17. The second-order valence-electron chi connectivity index (χ2n) is 6.63. The Bertz CT molecular complexity index is 759. The van der Waals surface area contributed by atoms with Crippen molar-refractivity contribution in [1.29, 1.82) is 0 Å². The number of nitrogens with one attached hydrogen (secondary N) is 1. The third kappa shape index (κ3) is 5.36. The first kappa shape index (κ1) is 19.9. The van der Waals surface area contributed by atoms with E-state index >= 15 is 0 Å². The number of benzene rings is 1. The smallest absolute Gasteiger partial charge is 0.253 e. The molecule has 2 heterocycles. The van der Waals surface area contributed by atoms with Crippen LogP contribution in [-0.2, 0) is 0 Å². The van der Waals surface area contributed by atoms with Gasteiger partial charge in [0.15, 0.2) is 0 Å². The molecule has 0 radical (unpaired) electrons. The fraction of sp³-hybridized carbons (Fsp3) is 0.429. The van der Waals surface area contributed by atoms with Crippen molar-refractivity contribution in [2.75, 3.05) is 57.9 Å². The van der Waals surface area contributed by atoms with Crippen LogP contribution >= 0.6 is 0 Å². The van der Waals surface area contributed by atoms with Gasteiger partial charge in [0.05, 0.1) is 31.1 Å². The summed E-state index contributed by atoms with van der Waals surface area (Å²) in [5.41, 5.74) is 1.57. The predicted molar refractivity (Wildman–Crippen MR) is 109 cm³/mol. The molecular weight excluding hydrogens is 356 g/mol. The Morgan fingerprint density at radius 3 is 2.50 bits per heavy atom. The Kier molecular flexibility index (Phi) is 7.08. The Hall–Kier alpha value is -2.80. The minimum Gasteiger partial charge on any atom is -0.497 e. The van der Waals surface area contributed by atoms with E-state index in [0.717, 1.165) is 49.9 Å². The van der Waals surface area contributed by atoms with Crippen LogP contribution in [0.1, 0.15) is 17.3 Å². The highest BCUT2D eigenvalue weighted by atomic mass is 16.5. The molecule has 1 N–H and O–H groups in total. The zero-order valence-electron chi connectivity index (χ0n) is 16.6. The summed E-state index contributed by atoms with van der Waals surface area (Å²) < 4.78 is 10.7. The maximum absolute atomic E-state index is 12.4. The van der Waals surface area contributed by atoms with Crippen molar-refractivity contribution >= 4 is 11.6 Å². The molecule has 7 heteroatoms. The summed E-state index contributed by atoms with van der Waals surface area (Å²) >= 11 is 0. The number of carbonyl (C=O) groups excluding carboxylic acids is 1. The Balaban J connectivity index is 1.46. The normalized spacial score (nSPS) is 14.6. The molecule has 0 atom stereocenters. The van der Waals surface area contributed by atoms with Crippen LogP contribution in [0.4, 0.5) is 5.69 Å². The maximum atomic E-state index is 12.4. The first-order chi connectivity index (χ1) is 13.7. The number of carbonyl (C=O) groups is 1. The van der Waals surface area contributed by atoms with Gasteiger partial charge in [-0.15, -0.1) is 0 Å². The lowest BCUT2D eigenvalue weighted by Gasteiger charge is -2.35. The highest BCUT2D eigenvalue weighted by molar-refractivity contribution is 5.94. The lowest BCUT2D eigenvalue weighted by atomic mass is 10.2. The molecule has 1 saturated heterocycles. The number of pyridine rings is 1. The summed E-state index contributed by atoms with van der Waals surface area (Å²) in [5, 5.41) is 2.88. The first-order valence-corrected chi connectivity index (χ1v) is 9.67. The molecule has 3 rings (SSSR count). The topological polar surface area (TPSA) is 66.9 Å². The van der Waals surface area contributed by atoms with Gasteiger partial charge in [-0.1, -0.05) is 6.92 Å². The fourth-order valence-electron chi connectivity index (χ4n) is 3.15. The van der Waals surface area contributed by atoms with Crippen molar-refractivity contribution in [3.63, 3.8) is 0 Å². The Morgan fingerprint density at radius 1 is 1.11 bits per heavy atom. The number of aromatic nitrogens is 1. The van der Waals surface area contributed by atoms with Crippen LogP contribution in [0.5, 0.6) is 11.5 Å². The van der Waals surface area contributed by atoms with E-state index in [1.165, 1.54) is 0 Å². The molecule has 1 aliphatic heterocycles. The van der Waals surface area contributed by atoms with Gasteiger partial charge in [0.1, 0.15) is 18.1 Å². The van der Waals surface area contributed by atoms with E-state index in [-0.39, 0.29) is 5.91 Å². The molecule has 0 bridgehead atoms. The molecule has 1 amide bonds. The van der Waals surface area contributed by atoms with Crippen LogP contribution in [0, 0.1) is 0 Å². The van der Waals surface area contributed by atoms with Crippen molar-refractivity contribution in [2.45, 2.75) is 6.92 Å². The van der Waals surface area contributed by atoms with Gasteiger partial charge in [0, 0.05) is 32.4 Å². The zero-order valence-corrected chi connectivity index (χ0v) is 16.6. The van der Waals surface area contributed by atoms with Gasteiger partial charge < -0.3 is 24.6 Å². The van der Waals surface area contributed by atoms with Crippen molar-refractivity contribution in [3.05, 3.63) is 48.3 Å². The zero-order chi connectivity index (χ0) is 19.8. The highest BCUT2D eigenvalue weighted by Crippen LogP contribution is 2.18. The molecule has 28 heavy (non-hydrogen) atoms. The van der Waals surface area contributed by atoms with Crippen molar-refractivity contribution in [2.24, 2.45) is 0 Å². The standard InChI is InChI=1S/C21H28N4O3/c1-3-24-9-11-25(12-10-24)18-14-17(15-22-16-18)21(26)23-8-13-28-20-6-4-19(27-2)5-7-20/h4-7,14-16H,3,8-13H2,1-2H3,(H,23,26). The Morgan fingerprint density at radius 2 is 1.82 bits per heavy atom. The molecule has 1 aromatic carbocycles. The second kappa shape index (κ2) is 9.94. The van der Waals surface area contributed by atoms with Crippen LogP contribution in [0.25, 0.3) is 0 Å². The van der Waals surface area contributed by atoms with E-state index in [2.05, 4.69) is 27.0 Å². The van der Waals surface area contributed by atoms with Crippen molar-refractivity contribution in [3.8, 4) is 11.5 Å². The van der Waals surface area contributed by atoms with Crippen LogP contribution in [0.3, 0.4) is 0 Å². The number of nitrogens with zero attached hydrogens (tertiary/aromatic N) is 3. The predicted octanol–water partition coefficient (Wildman–Crippen LogP) is 2.04. The van der Waals surface area contributed by atoms with Crippen LogP contribution in [-0.4, -0.2) is 68.8 Å². The van der Waals surface area contributed by atoms with Gasteiger partial charge in [0.25, 0.3) is 5.91 Å². The van der Waals surface area contributed by atoms with E-state index in [4.69, 9.17) is 9.47 Å². The molecule has 150 valence electrons. The molecule has 1 fully saturated rings. The first-order valence-electron chi connectivity index (χ1n) is 9.67. The summed E-state index contributed by atoms with van der Waals surface area (Å²) in [4.78, 5) is 21.4. The fourth-order valence-corrected chi connectivity index (χ4v) is 3.15. The van der Waals surface area contributed by atoms with Gasteiger partial charge in [-0.3, -0.25) is 9.78 Å². The lowest BCUT2D eigenvalue weighted by molar-refractivity contribution is 0.0946. The number of likely N-dealkylation sites (N-methyl/N-ethyl adjacent to an activating group) is 1. The summed E-state index contributed by atoms with van der Waals surface area (Å²) in [6.07, 6.45) is 3.43.